The molecule has 0 radical (unpaired) electrons. The van der Waals surface area contributed by atoms with E-state index >= 15 is 0 Å². The third-order valence-electron chi connectivity index (χ3n) is 2.85. The Morgan fingerprint density at radius 2 is 2.13 bits per heavy atom. The van der Waals surface area contributed by atoms with Crippen molar-refractivity contribution in [3.63, 3.8) is 0 Å². The van der Waals surface area contributed by atoms with Crippen LogP contribution in [-0.4, -0.2) is 41.6 Å². The third-order valence-corrected chi connectivity index (χ3v) is 2.85. The van der Waals surface area contributed by atoms with Crippen molar-refractivity contribution in [2.24, 2.45) is 5.92 Å². The average Bonchev–Trinajstić information content (AvgIpc) is 2.98. The summed E-state index contributed by atoms with van der Waals surface area (Å²) in [6.45, 7) is 2.21. The minimum Gasteiger partial charge on any atom is -0.481 e. The van der Waals surface area contributed by atoms with Gasteiger partial charge in [-0.2, -0.15) is 0 Å². The van der Waals surface area contributed by atoms with Gasteiger partial charge in [-0.25, -0.2) is 4.79 Å². The van der Waals surface area contributed by atoms with Gasteiger partial charge in [0.1, 0.15) is 0 Å². The van der Waals surface area contributed by atoms with E-state index in [1.165, 1.54) is 12.8 Å². The highest BCUT2D eigenvalue weighted by Crippen LogP contribution is 2.34. The summed E-state index contributed by atoms with van der Waals surface area (Å²) in [6, 6.07) is 0.0606. The monoisotopic (exact) mass is 214 g/mol. The number of amides is 2. The molecule has 1 fully saturated rings. The molecule has 1 saturated carbocycles. The second-order valence-corrected chi connectivity index (χ2v) is 4.06. The zero-order valence-electron chi connectivity index (χ0n) is 9.19. The van der Waals surface area contributed by atoms with Crippen molar-refractivity contribution in [1.29, 1.82) is 0 Å². The topological polar surface area (TPSA) is 69.6 Å². The number of aliphatic carboxylic acids is 1. The molecule has 1 aliphatic rings. The Balaban J connectivity index is 2.22. The summed E-state index contributed by atoms with van der Waals surface area (Å²) in [5.74, 6) is -0.270. The Labute approximate surface area is 89.4 Å². The number of carbonyl (C=O) groups excluding carboxylic acids is 1. The maximum Gasteiger partial charge on any atom is 0.317 e. The minimum absolute atomic E-state index is 0.0304. The lowest BCUT2D eigenvalue weighted by atomic mass is 10.2. The van der Waals surface area contributed by atoms with E-state index in [-0.39, 0.29) is 25.0 Å². The fourth-order valence-corrected chi connectivity index (χ4v) is 1.48. The van der Waals surface area contributed by atoms with E-state index in [2.05, 4.69) is 5.32 Å². The number of carboxylic acids is 1. The minimum atomic E-state index is -0.895. The van der Waals surface area contributed by atoms with Crippen LogP contribution in [0.15, 0.2) is 0 Å². The van der Waals surface area contributed by atoms with E-state index in [0.717, 1.165) is 0 Å². The first-order chi connectivity index (χ1) is 7.02. The highest BCUT2D eigenvalue weighted by molar-refractivity contribution is 5.75. The molecule has 1 aliphatic carbocycles. The second-order valence-electron chi connectivity index (χ2n) is 4.06. The standard InChI is InChI=1S/C10H18N2O3/c1-7(8-3-4-8)12(2)10(15)11-6-5-9(13)14/h7-8H,3-6H2,1-2H3,(H,11,15)(H,13,14). The van der Waals surface area contributed by atoms with Gasteiger partial charge >= 0.3 is 12.0 Å². The maximum atomic E-state index is 11.5. The zero-order valence-corrected chi connectivity index (χ0v) is 9.19. The lowest BCUT2D eigenvalue weighted by Gasteiger charge is -2.24. The van der Waals surface area contributed by atoms with Crippen molar-refractivity contribution in [1.82, 2.24) is 10.2 Å². The summed E-state index contributed by atoms with van der Waals surface area (Å²) < 4.78 is 0. The van der Waals surface area contributed by atoms with Crippen molar-refractivity contribution < 1.29 is 14.7 Å². The van der Waals surface area contributed by atoms with Crippen LogP contribution >= 0.6 is 0 Å². The molecule has 15 heavy (non-hydrogen) atoms. The summed E-state index contributed by atoms with van der Waals surface area (Å²) in [4.78, 5) is 23.4. The van der Waals surface area contributed by atoms with Gasteiger partial charge in [0.25, 0.3) is 0 Å². The Hall–Kier alpha value is -1.26. The maximum absolute atomic E-state index is 11.5. The van der Waals surface area contributed by atoms with Gasteiger partial charge in [0.05, 0.1) is 6.42 Å². The molecule has 1 unspecified atom stereocenters. The Kier molecular flexibility index (Phi) is 3.94. The first-order valence-corrected chi connectivity index (χ1v) is 5.25. The number of rotatable bonds is 5. The molecular formula is C10H18N2O3. The van der Waals surface area contributed by atoms with Crippen LogP contribution < -0.4 is 5.32 Å². The molecule has 1 rings (SSSR count). The number of carboxylic acid groups (broad SMARTS) is 1. The van der Waals surface area contributed by atoms with Gasteiger partial charge in [0, 0.05) is 19.6 Å². The second kappa shape index (κ2) is 5.00. The molecule has 2 N–H and O–H groups in total. The lowest BCUT2D eigenvalue weighted by molar-refractivity contribution is -0.136. The first-order valence-electron chi connectivity index (χ1n) is 5.25. The molecule has 0 aromatic carbocycles. The lowest BCUT2D eigenvalue weighted by Crippen LogP contribution is -2.43. The van der Waals surface area contributed by atoms with Crippen LogP contribution in [0, 0.1) is 5.92 Å². The van der Waals surface area contributed by atoms with Crippen molar-refractivity contribution in [3.05, 3.63) is 0 Å². The number of hydrogen-bond acceptors (Lipinski definition) is 2. The highest BCUT2D eigenvalue weighted by atomic mass is 16.4. The molecule has 0 aromatic heterocycles. The van der Waals surface area contributed by atoms with E-state index in [9.17, 15) is 9.59 Å². The van der Waals surface area contributed by atoms with Gasteiger partial charge in [-0.15, -0.1) is 0 Å². The van der Waals surface area contributed by atoms with Gasteiger partial charge in [-0.1, -0.05) is 0 Å². The normalized spacial score (nSPS) is 16.9. The van der Waals surface area contributed by atoms with E-state index in [1.54, 1.807) is 11.9 Å². The van der Waals surface area contributed by atoms with Crippen LogP contribution in [0.2, 0.25) is 0 Å². The molecule has 5 heteroatoms. The largest absolute Gasteiger partial charge is 0.481 e. The molecule has 1 atom stereocenters. The van der Waals surface area contributed by atoms with Crippen molar-refractivity contribution in [2.45, 2.75) is 32.2 Å². The average molecular weight is 214 g/mol. The molecule has 0 bridgehead atoms. The van der Waals surface area contributed by atoms with Crippen molar-refractivity contribution >= 4 is 12.0 Å². The van der Waals surface area contributed by atoms with Gasteiger partial charge in [-0.05, 0) is 25.7 Å². The van der Waals surface area contributed by atoms with Crippen LogP contribution in [0.25, 0.3) is 0 Å². The van der Waals surface area contributed by atoms with Crippen LogP contribution in [-0.2, 0) is 4.79 Å². The summed E-state index contributed by atoms with van der Waals surface area (Å²) >= 11 is 0. The van der Waals surface area contributed by atoms with Crippen LogP contribution in [0.4, 0.5) is 4.79 Å². The molecule has 86 valence electrons. The molecule has 5 nitrogen and oxygen atoms in total. The summed E-state index contributed by atoms with van der Waals surface area (Å²) in [5, 5.41) is 11.0. The van der Waals surface area contributed by atoms with E-state index in [0.29, 0.717) is 5.92 Å². The molecular weight excluding hydrogens is 196 g/mol. The van der Waals surface area contributed by atoms with Gasteiger partial charge < -0.3 is 15.3 Å². The molecule has 0 spiro atoms. The number of carbonyl (C=O) groups is 2. The Morgan fingerprint density at radius 1 is 1.53 bits per heavy atom. The van der Waals surface area contributed by atoms with Crippen molar-refractivity contribution in [2.75, 3.05) is 13.6 Å². The molecule has 0 aromatic rings. The number of nitrogens with one attached hydrogen (secondary N) is 1. The SMILES string of the molecule is CC(C1CC1)N(C)C(=O)NCCC(=O)O. The molecule has 0 saturated heterocycles. The van der Waals surface area contributed by atoms with Crippen LogP contribution in [0.1, 0.15) is 26.2 Å². The quantitative estimate of drug-likeness (QED) is 0.714. The van der Waals surface area contributed by atoms with Gasteiger partial charge in [0.15, 0.2) is 0 Å². The van der Waals surface area contributed by atoms with E-state index < -0.39 is 5.97 Å². The summed E-state index contributed by atoms with van der Waals surface area (Å²) in [6.07, 6.45) is 2.35. The first kappa shape index (κ1) is 11.8. The highest BCUT2D eigenvalue weighted by Gasteiger charge is 2.32. The smallest absolute Gasteiger partial charge is 0.317 e. The number of urea groups is 1. The van der Waals surface area contributed by atoms with Gasteiger partial charge in [0.2, 0.25) is 0 Å². The zero-order chi connectivity index (χ0) is 11.4. The summed E-state index contributed by atoms with van der Waals surface area (Å²) in [7, 11) is 1.75. The van der Waals surface area contributed by atoms with Crippen molar-refractivity contribution in [3.8, 4) is 0 Å². The number of hydrogen-bond donors (Lipinski definition) is 2. The van der Waals surface area contributed by atoms with E-state index in [4.69, 9.17) is 5.11 Å². The predicted octanol–water partition coefficient (Wildman–Crippen LogP) is 0.901. The fourth-order valence-electron chi connectivity index (χ4n) is 1.48. The van der Waals surface area contributed by atoms with E-state index in [1.807, 2.05) is 6.92 Å². The van der Waals surface area contributed by atoms with Crippen LogP contribution in [0.5, 0.6) is 0 Å². The summed E-state index contributed by atoms with van der Waals surface area (Å²) in [5.41, 5.74) is 0. The van der Waals surface area contributed by atoms with Gasteiger partial charge in [-0.3, -0.25) is 4.79 Å². The Morgan fingerprint density at radius 3 is 2.60 bits per heavy atom. The Bertz CT molecular complexity index is 251. The fraction of sp³-hybridized carbons (Fsp3) is 0.800. The molecule has 0 aliphatic heterocycles. The number of nitrogens with zero attached hydrogens (tertiary/aromatic N) is 1. The van der Waals surface area contributed by atoms with Crippen LogP contribution in [0.3, 0.4) is 0 Å². The predicted molar refractivity (Wildman–Crippen MR) is 55.6 cm³/mol. The molecule has 2 amide bonds. The molecule has 0 heterocycles. The third kappa shape index (κ3) is 3.77.